The van der Waals surface area contributed by atoms with Gasteiger partial charge < -0.3 is 4.42 Å². The molecule has 1 aromatic heterocycles. The zero-order valence-electron chi connectivity index (χ0n) is 17.4. The Bertz CT molecular complexity index is 1380. The molecule has 4 aromatic rings. The molecule has 168 valence electrons. The summed E-state index contributed by atoms with van der Waals surface area (Å²) in [5.74, 6) is 0.279. The maximum Gasteiger partial charge on any atom is 0.284 e. The van der Waals surface area contributed by atoms with Gasteiger partial charge in [0.25, 0.3) is 20.9 Å². The van der Waals surface area contributed by atoms with Crippen LogP contribution in [0.4, 0.5) is 11.4 Å². The molecule has 0 fully saturated rings. The lowest BCUT2D eigenvalue weighted by atomic mass is 10.2. The zero-order chi connectivity index (χ0) is 23.4. The Balaban J connectivity index is 1.66. The first-order valence-electron chi connectivity index (χ1n) is 9.83. The summed E-state index contributed by atoms with van der Waals surface area (Å²) in [6.45, 7) is 1.87. The van der Waals surface area contributed by atoms with E-state index in [0.29, 0.717) is 11.3 Å². The smallest absolute Gasteiger partial charge is 0.284 e. The van der Waals surface area contributed by atoms with E-state index in [1.165, 1.54) is 16.4 Å². The van der Waals surface area contributed by atoms with E-state index in [1.54, 1.807) is 49.4 Å². The summed E-state index contributed by atoms with van der Waals surface area (Å²) in [5, 5.41) is 19.8. The molecule has 0 atom stereocenters. The number of hydrogen-bond donors (Lipinski definition) is 0. The Kier molecular flexibility index (Phi) is 6.43. The molecule has 9 nitrogen and oxygen atoms in total. The molecule has 0 radical (unpaired) electrons. The third-order valence-electron chi connectivity index (χ3n) is 4.67. The number of nitro benzene ring substituents is 1. The normalized spacial score (nSPS) is 11.3. The van der Waals surface area contributed by atoms with Gasteiger partial charge >= 0.3 is 0 Å². The molecule has 0 saturated carbocycles. The average molecular weight is 483 g/mol. The van der Waals surface area contributed by atoms with Crippen molar-refractivity contribution in [1.82, 2.24) is 10.2 Å². The fourth-order valence-corrected chi connectivity index (χ4v) is 5.40. The lowest BCUT2D eigenvalue weighted by Gasteiger charge is -2.22. The Morgan fingerprint density at radius 1 is 1.00 bits per heavy atom. The van der Waals surface area contributed by atoms with E-state index in [1.807, 2.05) is 18.2 Å². The molecule has 0 aliphatic carbocycles. The van der Waals surface area contributed by atoms with Crippen molar-refractivity contribution in [3.05, 3.63) is 89.0 Å². The molecule has 0 saturated heterocycles. The Labute approximate surface area is 194 Å². The van der Waals surface area contributed by atoms with Crippen molar-refractivity contribution in [3.63, 3.8) is 0 Å². The molecule has 1 heterocycles. The summed E-state index contributed by atoms with van der Waals surface area (Å²) >= 11 is 0.898. The van der Waals surface area contributed by atoms with Gasteiger partial charge in [-0.1, -0.05) is 36.4 Å². The van der Waals surface area contributed by atoms with E-state index in [4.69, 9.17) is 4.42 Å². The molecule has 11 heteroatoms. The molecule has 4 rings (SSSR count). The van der Waals surface area contributed by atoms with Crippen LogP contribution in [0.15, 0.2) is 98.3 Å². The highest BCUT2D eigenvalue weighted by atomic mass is 32.2. The van der Waals surface area contributed by atoms with Crippen molar-refractivity contribution in [3.8, 4) is 11.5 Å². The number of nitrogens with zero attached hydrogens (tertiary/aromatic N) is 4. The van der Waals surface area contributed by atoms with Gasteiger partial charge in [-0.05, 0) is 55.1 Å². The van der Waals surface area contributed by atoms with Crippen LogP contribution in [-0.2, 0) is 10.0 Å². The second-order valence-corrected chi connectivity index (χ2v) is 9.59. The van der Waals surface area contributed by atoms with Crippen LogP contribution in [-0.4, -0.2) is 30.1 Å². The van der Waals surface area contributed by atoms with Crippen LogP contribution in [0.1, 0.15) is 6.92 Å². The number of benzene rings is 3. The van der Waals surface area contributed by atoms with Crippen molar-refractivity contribution in [2.24, 2.45) is 0 Å². The summed E-state index contributed by atoms with van der Waals surface area (Å²) in [4.78, 5) is 11.1. The molecule has 0 unspecified atom stereocenters. The number of nitro groups is 1. The molecular weight excluding hydrogens is 464 g/mol. The maximum atomic E-state index is 13.2. The molecule has 0 aliphatic rings. The summed E-state index contributed by atoms with van der Waals surface area (Å²) in [6, 6.07) is 21.4. The van der Waals surface area contributed by atoms with Gasteiger partial charge in [-0.15, -0.1) is 10.2 Å². The summed E-state index contributed by atoms with van der Waals surface area (Å²) < 4.78 is 33.3. The highest BCUT2D eigenvalue weighted by molar-refractivity contribution is 7.99. The SMILES string of the molecule is CCN(c1ccccc1)S(=O)(=O)c1ccc(Sc2nnc(-c3ccccc3)o2)c([N+](=O)[O-])c1. The third kappa shape index (κ3) is 4.73. The van der Waals surface area contributed by atoms with E-state index in [0.717, 1.165) is 17.8 Å². The molecule has 0 amide bonds. The summed E-state index contributed by atoms with van der Waals surface area (Å²) in [6.07, 6.45) is 0. The molecule has 0 aliphatic heterocycles. The first kappa shape index (κ1) is 22.5. The van der Waals surface area contributed by atoms with Crippen molar-refractivity contribution < 1.29 is 17.8 Å². The fraction of sp³-hybridized carbons (Fsp3) is 0.0909. The first-order valence-corrected chi connectivity index (χ1v) is 12.1. The Morgan fingerprint density at radius 3 is 2.30 bits per heavy atom. The van der Waals surface area contributed by atoms with E-state index >= 15 is 0 Å². The van der Waals surface area contributed by atoms with Crippen LogP contribution in [0, 0.1) is 10.1 Å². The second kappa shape index (κ2) is 9.43. The average Bonchev–Trinajstić information content (AvgIpc) is 3.29. The van der Waals surface area contributed by atoms with E-state index in [-0.39, 0.29) is 33.1 Å². The van der Waals surface area contributed by atoms with Crippen molar-refractivity contribution >= 4 is 33.2 Å². The quantitative estimate of drug-likeness (QED) is 0.254. The molecular formula is C22H18N4O5S2. The zero-order valence-corrected chi connectivity index (χ0v) is 19.0. The monoisotopic (exact) mass is 482 g/mol. The summed E-state index contributed by atoms with van der Waals surface area (Å²) in [7, 11) is -4.01. The minimum atomic E-state index is -4.01. The van der Waals surface area contributed by atoms with E-state index < -0.39 is 14.9 Å². The lowest BCUT2D eigenvalue weighted by Crippen LogP contribution is -2.30. The Morgan fingerprint density at radius 2 is 1.67 bits per heavy atom. The van der Waals surface area contributed by atoms with Gasteiger partial charge in [0.1, 0.15) is 0 Å². The van der Waals surface area contributed by atoms with Gasteiger partial charge in [-0.2, -0.15) is 0 Å². The van der Waals surface area contributed by atoms with Crippen LogP contribution >= 0.6 is 11.8 Å². The molecule has 33 heavy (non-hydrogen) atoms. The topological polar surface area (TPSA) is 119 Å². The van der Waals surface area contributed by atoms with E-state index in [9.17, 15) is 18.5 Å². The van der Waals surface area contributed by atoms with Crippen molar-refractivity contribution in [2.45, 2.75) is 21.9 Å². The molecule has 0 N–H and O–H groups in total. The van der Waals surface area contributed by atoms with Crippen LogP contribution in [0.3, 0.4) is 0 Å². The minimum absolute atomic E-state index is 0.104. The predicted molar refractivity (Wildman–Crippen MR) is 124 cm³/mol. The highest BCUT2D eigenvalue weighted by Gasteiger charge is 2.28. The standard InChI is InChI=1S/C22H18N4O5S2/c1-2-25(17-11-7-4-8-12-17)33(29,30)18-13-14-20(19(15-18)26(27)28)32-22-24-23-21(31-22)16-9-5-3-6-10-16/h3-15H,2H2,1H3. The van der Waals surface area contributed by atoms with Crippen LogP contribution in [0.2, 0.25) is 0 Å². The van der Waals surface area contributed by atoms with Gasteiger partial charge in [0.2, 0.25) is 5.89 Å². The van der Waals surface area contributed by atoms with Crippen LogP contribution < -0.4 is 4.31 Å². The summed E-state index contributed by atoms with van der Waals surface area (Å²) in [5.41, 5.74) is 0.818. The minimum Gasteiger partial charge on any atom is -0.411 e. The number of anilines is 1. The first-order chi connectivity index (χ1) is 15.9. The van der Waals surface area contributed by atoms with Crippen LogP contribution in [0.5, 0.6) is 0 Å². The Hall–Kier alpha value is -3.70. The van der Waals surface area contributed by atoms with Crippen molar-refractivity contribution in [1.29, 1.82) is 0 Å². The van der Waals surface area contributed by atoms with Gasteiger partial charge in [0.05, 0.1) is 20.4 Å². The van der Waals surface area contributed by atoms with Crippen molar-refractivity contribution in [2.75, 3.05) is 10.8 Å². The maximum absolute atomic E-state index is 13.2. The predicted octanol–water partition coefficient (Wildman–Crippen LogP) is 5.01. The van der Waals surface area contributed by atoms with Crippen LogP contribution in [0.25, 0.3) is 11.5 Å². The number of para-hydroxylation sites is 1. The number of rotatable bonds is 8. The highest BCUT2D eigenvalue weighted by Crippen LogP contribution is 2.37. The lowest BCUT2D eigenvalue weighted by molar-refractivity contribution is -0.388. The third-order valence-corrected chi connectivity index (χ3v) is 7.47. The number of hydrogen-bond acceptors (Lipinski definition) is 8. The number of aromatic nitrogens is 2. The van der Waals surface area contributed by atoms with Gasteiger partial charge in [-0.3, -0.25) is 14.4 Å². The molecule has 3 aromatic carbocycles. The molecule has 0 bridgehead atoms. The van der Waals surface area contributed by atoms with Gasteiger partial charge in [0, 0.05) is 18.2 Å². The van der Waals surface area contributed by atoms with Gasteiger partial charge in [-0.25, -0.2) is 8.42 Å². The molecule has 0 spiro atoms. The largest absolute Gasteiger partial charge is 0.411 e. The van der Waals surface area contributed by atoms with Gasteiger partial charge in [0.15, 0.2) is 0 Å². The fourth-order valence-electron chi connectivity index (χ4n) is 3.14. The number of sulfonamides is 1. The van der Waals surface area contributed by atoms with E-state index in [2.05, 4.69) is 10.2 Å². The second-order valence-electron chi connectivity index (χ2n) is 6.73.